The molecule has 0 aromatic heterocycles. The van der Waals surface area contributed by atoms with Gasteiger partial charge >= 0.3 is 0 Å². The van der Waals surface area contributed by atoms with E-state index in [2.05, 4.69) is 5.32 Å². The van der Waals surface area contributed by atoms with Crippen molar-refractivity contribution in [3.8, 4) is 0 Å². The van der Waals surface area contributed by atoms with Crippen LogP contribution in [0, 0.1) is 0 Å². The number of rotatable bonds is 6. The van der Waals surface area contributed by atoms with Gasteiger partial charge in [-0.2, -0.15) is 4.31 Å². The Morgan fingerprint density at radius 1 is 0.848 bits per heavy atom. The molecule has 0 spiro atoms. The second kappa shape index (κ2) is 10.5. The molecule has 0 unspecified atom stereocenters. The summed E-state index contributed by atoms with van der Waals surface area (Å²) in [6, 6.07) is 16.1. The molecule has 8 heteroatoms. The van der Waals surface area contributed by atoms with E-state index in [9.17, 15) is 18.0 Å². The molecule has 1 saturated heterocycles. The van der Waals surface area contributed by atoms with Gasteiger partial charge < -0.3 is 10.2 Å². The minimum atomic E-state index is -3.59. The van der Waals surface area contributed by atoms with Gasteiger partial charge in [-0.15, -0.1) is 0 Å². The lowest BCUT2D eigenvalue weighted by Gasteiger charge is -2.34. The number of sulfonamides is 1. The smallest absolute Gasteiger partial charge is 0.251 e. The lowest BCUT2D eigenvalue weighted by Crippen LogP contribution is -2.52. The zero-order valence-electron chi connectivity index (χ0n) is 18.8. The van der Waals surface area contributed by atoms with E-state index in [1.807, 2.05) is 18.2 Å². The molecule has 1 heterocycles. The number of hydrogen-bond acceptors (Lipinski definition) is 4. The lowest BCUT2D eigenvalue weighted by atomic mass is 9.84. The molecule has 0 bridgehead atoms. The van der Waals surface area contributed by atoms with Gasteiger partial charge in [-0.1, -0.05) is 49.6 Å². The summed E-state index contributed by atoms with van der Waals surface area (Å²) >= 11 is 0. The van der Waals surface area contributed by atoms with E-state index in [-0.39, 0.29) is 31.4 Å². The Hall–Kier alpha value is -2.71. The number of amides is 2. The third-order valence-corrected chi connectivity index (χ3v) is 8.53. The van der Waals surface area contributed by atoms with Crippen LogP contribution in [0.5, 0.6) is 0 Å². The molecule has 1 saturated carbocycles. The van der Waals surface area contributed by atoms with Crippen molar-refractivity contribution < 1.29 is 18.0 Å². The van der Waals surface area contributed by atoms with Crippen molar-refractivity contribution in [2.75, 3.05) is 32.7 Å². The molecule has 0 radical (unpaired) electrons. The Bertz CT molecular complexity index is 1060. The van der Waals surface area contributed by atoms with Crippen molar-refractivity contribution in [3.63, 3.8) is 0 Å². The second-order valence-corrected chi connectivity index (χ2v) is 10.7. The number of piperazine rings is 1. The number of hydrogen-bond donors (Lipinski definition) is 1. The summed E-state index contributed by atoms with van der Waals surface area (Å²) in [7, 11) is -3.59. The van der Waals surface area contributed by atoms with Crippen LogP contribution in [0.15, 0.2) is 59.5 Å². The minimum absolute atomic E-state index is 0.108. The maximum atomic E-state index is 13.1. The standard InChI is InChI=1S/C25H31N3O4S/c29-24(19-26-25(30)22-9-5-2-6-10-22)27-15-17-28(18-16-27)33(31,32)23-13-11-21(12-14-23)20-7-3-1-4-8-20/h2,5-6,9-14,20H,1,3-4,7-8,15-19H2,(H,26,30). The molecule has 2 aromatic carbocycles. The molecule has 2 fully saturated rings. The maximum absolute atomic E-state index is 13.1. The van der Waals surface area contributed by atoms with Crippen LogP contribution < -0.4 is 5.32 Å². The summed E-state index contributed by atoms with van der Waals surface area (Å²) in [6.45, 7) is 0.984. The minimum Gasteiger partial charge on any atom is -0.343 e. The first kappa shape index (κ1) is 23.4. The molecule has 2 amide bonds. The third kappa shape index (κ3) is 5.62. The summed E-state index contributed by atoms with van der Waals surface area (Å²) in [5, 5.41) is 2.63. The van der Waals surface area contributed by atoms with Gasteiger partial charge in [0.25, 0.3) is 5.91 Å². The average molecular weight is 470 g/mol. The Morgan fingerprint density at radius 3 is 2.12 bits per heavy atom. The quantitative estimate of drug-likeness (QED) is 0.705. The van der Waals surface area contributed by atoms with Gasteiger partial charge in [0.05, 0.1) is 11.4 Å². The van der Waals surface area contributed by atoms with Gasteiger partial charge in [0.15, 0.2) is 0 Å². The van der Waals surface area contributed by atoms with Crippen LogP contribution in [0.25, 0.3) is 0 Å². The van der Waals surface area contributed by atoms with Crippen molar-refractivity contribution in [1.29, 1.82) is 0 Å². The molecule has 7 nitrogen and oxygen atoms in total. The molecular weight excluding hydrogens is 438 g/mol. The van der Waals surface area contributed by atoms with Crippen molar-refractivity contribution >= 4 is 21.8 Å². The Labute approximate surface area is 195 Å². The lowest BCUT2D eigenvalue weighted by molar-refractivity contribution is -0.131. The van der Waals surface area contributed by atoms with E-state index in [1.165, 1.54) is 42.0 Å². The number of benzene rings is 2. The predicted octanol–water partition coefficient (Wildman–Crippen LogP) is 3.00. The van der Waals surface area contributed by atoms with E-state index in [0.29, 0.717) is 29.5 Å². The van der Waals surface area contributed by atoms with Gasteiger partial charge in [-0.05, 0) is 48.6 Å². The van der Waals surface area contributed by atoms with Crippen LogP contribution in [-0.4, -0.2) is 62.2 Å². The molecule has 33 heavy (non-hydrogen) atoms. The number of carbonyl (C=O) groups is 2. The highest BCUT2D eigenvalue weighted by Crippen LogP contribution is 2.33. The largest absolute Gasteiger partial charge is 0.343 e. The van der Waals surface area contributed by atoms with Gasteiger partial charge in [-0.3, -0.25) is 9.59 Å². The van der Waals surface area contributed by atoms with E-state index in [4.69, 9.17) is 0 Å². The number of carbonyl (C=O) groups excluding carboxylic acids is 2. The molecule has 2 aliphatic rings. The van der Waals surface area contributed by atoms with E-state index in [1.54, 1.807) is 41.3 Å². The van der Waals surface area contributed by atoms with Crippen molar-refractivity contribution in [1.82, 2.24) is 14.5 Å². The highest BCUT2D eigenvalue weighted by Gasteiger charge is 2.30. The van der Waals surface area contributed by atoms with Crippen LogP contribution in [0.3, 0.4) is 0 Å². The fourth-order valence-corrected chi connectivity index (χ4v) is 6.06. The molecular formula is C25H31N3O4S. The zero-order valence-corrected chi connectivity index (χ0v) is 19.6. The van der Waals surface area contributed by atoms with Crippen LogP contribution in [0.1, 0.15) is 53.9 Å². The summed E-state index contributed by atoms with van der Waals surface area (Å²) in [5.41, 5.74) is 1.72. The Morgan fingerprint density at radius 2 is 1.48 bits per heavy atom. The molecule has 176 valence electrons. The normalized spacial score (nSPS) is 18.1. The monoisotopic (exact) mass is 469 g/mol. The first-order valence-electron chi connectivity index (χ1n) is 11.7. The van der Waals surface area contributed by atoms with Crippen LogP contribution >= 0.6 is 0 Å². The van der Waals surface area contributed by atoms with Gasteiger partial charge in [0.1, 0.15) is 0 Å². The maximum Gasteiger partial charge on any atom is 0.251 e. The summed E-state index contributed by atoms with van der Waals surface area (Å²) in [4.78, 5) is 26.5. The first-order chi connectivity index (χ1) is 15.9. The summed E-state index contributed by atoms with van der Waals surface area (Å²) < 4.78 is 27.6. The van der Waals surface area contributed by atoms with Gasteiger partial charge in [0, 0.05) is 31.7 Å². The highest BCUT2D eigenvalue weighted by atomic mass is 32.2. The van der Waals surface area contributed by atoms with Gasteiger partial charge in [-0.25, -0.2) is 8.42 Å². The first-order valence-corrected chi connectivity index (χ1v) is 13.1. The van der Waals surface area contributed by atoms with E-state index >= 15 is 0 Å². The van der Waals surface area contributed by atoms with Gasteiger partial charge in [0.2, 0.25) is 15.9 Å². The molecule has 1 aliphatic carbocycles. The predicted molar refractivity (Wildman–Crippen MR) is 126 cm³/mol. The fourth-order valence-electron chi connectivity index (χ4n) is 4.63. The van der Waals surface area contributed by atoms with Crippen molar-refractivity contribution in [2.45, 2.75) is 42.9 Å². The van der Waals surface area contributed by atoms with Crippen molar-refractivity contribution in [3.05, 3.63) is 65.7 Å². The highest BCUT2D eigenvalue weighted by molar-refractivity contribution is 7.89. The summed E-state index contributed by atoms with van der Waals surface area (Å²) in [5.74, 6) is 0.0162. The molecule has 1 aliphatic heterocycles. The Balaban J connectivity index is 1.29. The SMILES string of the molecule is O=C(NCC(=O)N1CCN(S(=O)(=O)c2ccc(C3CCCCC3)cc2)CC1)c1ccccc1. The molecule has 2 aromatic rings. The zero-order chi connectivity index (χ0) is 23.3. The third-order valence-electron chi connectivity index (χ3n) is 6.62. The number of nitrogens with one attached hydrogen (secondary N) is 1. The fraction of sp³-hybridized carbons (Fsp3) is 0.440. The van der Waals surface area contributed by atoms with E-state index in [0.717, 1.165) is 0 Å². The Kier molecular flexibility index (Phi) is 7.45. The number of nitrogens with zero attached hydrogens (tertiary/aromatic N) is 2. The van der Waals surface area contributed by atoms with Crippen LogP contribution in [0.2, 0.25) is 0 Å². The van der Waals surface area contributed by atoms with Crippen LogP contribution in [0.4, 0.5) is 0 Å². The van der Waals surface area contributed by atoms with Crippen molar-refractivity contribution in [2.24, 2.45) is 0 Å². The van der Waals surface area contributed by atoms with E-state index < -0.39 is 10.0 Å². The van der Waals surface area contributed by atoms with Crippen LogP contribution in [-0.2, 0) is 14.8 Å². The summed E-state index contributed by atoms with van der Waals surface area (Å²) in [6.07, 6.45) is 6.12. The molecule has 4 rings (SSSR count). The average Bonchev–Trinajstić information content (AvgIpc) is 2.88. The topological polar surface area (TPSA) is 86.8 Å². The molecule has 0 atom stereocenters. The molecule has 1 N–H and O–H groups in total. The second-order valence-electron chi connectivity index (χ2n) is 8.74.